The number of hydrogen-bond acceptors (Lipinski definition) is 4. The van der Waals surface area contributed by atoms with E-state index in [0.29, 0.717) is 18.1 Å². The highest BCUT2D eigenvalue weighted by Gasteiger charge is 2.40. The molecule has 1 aliphatic rings. The molecule has 1 atom stereocenters. The molecule has 1 rings (SSSR count). The average Bonchev–Trinajstić information content (AvgIpc) is 2.50. The first-order valence-corrected chi connectivity index (χ1v) is 7.26. The maximum atomic E-state index is 11.4. The normalized spacial score (nSPS) is 29.5. The van der Waals surface area contributed by atoms with Crippen molar-refractivity contribution in [2.24, 2.45) is 5.41 Å². The summed E-state index contributed by atoms with van der Waals surface area (Å²) in [5, 5.41) is 3.27. The molecule has 1 heterocycles. The van der Waals surface area contributed by atoms with Crippen LogP contribution in [0.25, 0.3) is 0 Å². The van der Waals surface area contributed by atoms with Crippen LogP contribution in [0, 0.1) is 5.41 Å². The molecule has 0 aromatic rings. The van der Waals surface area contributed by atoms with E-state index in [0.717, 1.165) is 25.9 Å². The number of rotatable bonds is 6. The Balaban J connectivity index is 2.42. The van der Waals surface area contributed by atoms with Crippen LogP contribution in [0.1, 0.15) is 19.8 Å². The number of sulfone groups is 1. The fourth-order valence-electron chi connectivity index (χ4n) is 2.05. The maximum absolute atomic E-state index is 11.4. The van der Waals surface area contributed by atoms with Gasteiger partial charge < -0.3 is 10.1 Å². The van der Waals surface area contributed by atoms with Crippen molar-refractivity contribution in [3.05, 3.63) is 0 Å². The highest BCUT2D eigenvalue weighted by molar-refractivity contribution is 7.91. The Morgan fingerprint density at radius 2 is 2.20 bits per heavy atom. The van der Waals surface area contributed by atoms with Gasteiger partial charge in [0, 0.05) is 20.2 Å². The molecule has 0 aliphatic carbocycles. The van der Waals surface area contributed by atoms with Gasteiger partial charge in [-0.05, 0) is 18.3 Å². The smallest absolute Gasteiger partial charge is 0.150 e. The zero-order valence-electron chi connectivity index (χ0n) is 9.58. The first kappa shape index (κ1) is 12.9. The van der Waals surface area contributed by atoms with Gasteiger partial charge in [-0.1, -0.05) is 6.92 Å². The molecule has 5 heteroatoms. The molecule has 0 amide bonds. The molecule has 0 radical (unpaired) electrons. The van der Waals surface area contributed by atoms with Crippen LogP contribution in [-0.2, 0) is 14.6 Å². The third-order valence-electron chi connectivity index (χ3n) is 3.20. The van der Waals surface area contributed by atoms with E-state index in [4.69, 9.17) is 4.74 Å². The van der Waals surface area contributed by atoms with Crippen molar-refractivity contribution >= 4 is 9.84 Å². The first-order valence-electron chi connectivity index (χ1n) is 5.44. The van der Waals surface area contributed by atoms with Gasteiger partial charge in [0.05, 0.1) is 18.1 Å². The third-order valence-corrected chi connectivity index (χ3v) is 5.08. The van der Waals surface area contributed by atoms with Crippen LogP contribution in [0.2, 0.25) is 0 Å². The standard InChI is InChI=1S/C10H21NO3S/c1-3-10(8-11-5-6-14-2)4-7-15(12,13)9-10/h11H,3-9H2,1-2H3. The van der Waals surface area contributed by atoms with Gasteiger partial charge in [0.25, 0.3) is 0 Å². The Morgan fingerprint density at radius 3 is 2.67 bits per heavy atom. The second kappa shape index (κ2) is 5.27. The van der Waals surface area contributed by atoms with E-state index >= 15 is 0 Å². The molecule has 1 aliphatic heterocycles. The summed E-state index contributed by atoms with van der Waals surface area (Å²) in [5.41, 5.74) is -0.0351. The molecule has 0 spiro atoms. The number of methoxy groups -OCH3 is 1. The second-order valence-electron chi connectivity index (χ2n) is 4.37. The highest BCUT2D eigenvalue weighted by Crippen LogP contribution is 2.34. The lowest BCUT2D eigenvalue weighted by atomic mass is 9.85. The minimum absolute atomic E-state index is 0.0351. The summed E-state index contributed by atoms with van der Waals surface area (Å²) in [6, 6.07) is 0. The Kier molecular flexibility index (Phi) is 4.55. The first-order chi connectivity index (χ1) is 7.04. The Hall–Kier alpha value is -0.130. The fourth-order valence-corrected chi connectivity index (χ4v) is 4.33. The van der Waals surface area contributed by atoms with Gasteiger partial charge in [-0.15, -0.1) is 0 Å². The minimum atomic E-state index is -2.78. The van der Waals surface area contributed by atoms with Crippen molar-refractivity contribution in [2.45, 2.75) is 19.8 Å². The molecule has 1 saturated heterocycles. The van der Waals surface area contributed by atoms with Crippen LogP contribution in [0.5, 0.6) is 0 Å². The minimum Gasteiger partial charge on any atom is -0.383 e. The molecule has 1 unspecified atom stereocenters. The van der Waals surface area contributed by atoms with Crippen LogP contribution in [-0.4, -0.2) is 46.7 Å². The summed E-state index contributed by atoms with van der Waals surface area (Å²) in [5.74, 6) is 0.698. The van der Waals surface area contributed by atoms with Crippen molar-refractivity contribution in [1.82, 2.24) is 5.32 Å². The Labute approximate surface area is 92.3 Å². The molecule has 90 valence electrons. The third kappa shape index (κ3) is 3.74. The molecular formula is C10H21NO3S. The number of hydrogen-bond donors (Lipinski definition) is 1. The van der Waals surface area contributed by atoms with E-state index in [2.05, 4.69) is 12.2 Å². The van der Waals surface area contributed by atoms with E-state index in [1.54, 1.807) is 7.11 Å². The van der Waals surface area contributed by atoms with Gasteiger partial charge in [-0.25, -0.2) is 8.42 Å². The SMILES string of the molecule is CCC1(CNCCOC)CCS(=O)(=O)C1. The van der Waals surface area contributed by atoms with Gasteiger partial charge in [0.1, 0.15) is 0 Å². The van der Waals surface area contributed by atoms with E-state index in [9.17, 15) is 8.42 Å². The summed E-state index contributed by atoms with van der Waals surface area (Å²) in [4.78, 5) is 0. The summed E-state index contributed by atoms with van der Waals surface area (Å²) in [7, 11) is -1.12. The van der Waals surface area contributed by atoms with E-state index in [1.807, 2.05) is 0 Å². The van der Waals surface area contributed by atoms with Crippen molar-refractivity contribution in [1.29, 1.82) is 0 Å². The largest absolute Gasteiger partial charge is 0.383 e. The summed E-state index contributed by atoms with van der Waals surface area (Å²) >= 11 is 0. The lowest BCUT2D eigenvalue weighted by molar-refractivity contribution is 0.192. The van der Waals surface area contributed by atoms with Crippen molar-refractivity contribution in [2.75, 3.05) is 38.3 Å². The molecule has 15 heavy (non-hydrogen) atoms. The van der Waals surface area contributed by atoms with Crippen LogP contribution >= 0.6 is 0 Å². The summed E-state index contributed by atoms with van der Waals surface area (Å²) < 4.78 is 27.8. The quantitative estimate of drug-likeness (QED) is 0.679. The van der Waals surface area contributed by atoms with Gasteiger partial charge >= 0.3 is 0 Å². The van der Waals surface area contributed by atoms with E-state index in [-0.39, 0.29) is 5.41 Å². The predicted molar refractivity (Wildman–Crippen MR) is 60.7 cm³/mol. The van der Waals surface area contributed by atoms with Crippen molar-refractivity contribution < 1.29 is 13.2 Å². The zero-order valence-corrected chi connectivity index (χ0v) is 10.4. The molecule has 0 aromatic carbocycles. The van der Waals surface area contributed by atoms with Gasteiger partial charge in [0.15, 0.2) is 9.84 Å². The lowest BCUT2D eigenvalue weighted by Gasteiger charge is -2.26. The van der Waals surface area contributed by atoms with Gasteiger partial charge in [-0.2, -0.15) is 0 Å². The van der Waals surface area contributed by atoms with Crippen molar-refractivity contribution in [3.8, 4) is 0 Å². The van der Waals surface area contributed by atoms with Crippen molar-refractivity contribution in [3.63, 3.8) is 0 Å². The molecule has 1 fully saturated rings. The highest BCUT2D eigenvalue weighted by atomic mass is 32.2. The predicted octanol–water partition coefficient (Wildman–Crippen LogP) is 0.437. The Morgan fingerprint density at radius 1 is 1.47 bits per heavy atom. The zero-order chi connectivity index (χ0) is 11.4. The summed E-state index contributed by atoms with van der Waals surface area (Å²) in [6.45, 7) is 4.32. The summed E-state index contributed by atoms with van der Waals surface area (Å²) in [6.07, 6.45) is 1.72. The lowest BCUT2D eigenvalue weighted by Crippen LogP contribution is -2.36. The monoisotopic (exact) mass is 235 g/mol. The second-order valence-corrected chi connectivity index (χ2v) is 6.55. The number of ether oxygens (including phenoxy) is 1. The van der Waals surface area contributed by atoms with E-state index < -0.39 is 9.84 Å². The topological polar surface area (TPSA) is 55.4 Å². The maximum Gasteiger partial charge on any atom is 0.150 e. The van der Waals surface area contributed by atoms with Gasteiger partial charge in [-0.3, -0.25) is 0 Å². The van der Waals surface area contributed by atoms with Crippen LogP contribution < -0.4 is 5.32 Å². The molecule has 0 bridgehead atoms. The Bertz CT molecular complexity index is 289. The molecular weight excluding hydrogens is 214 g/mol. The fraction of sp³-hybridized carbons (Fsp3) is 1.00. The van der Waals surface area contributed by atoms with Crippen LogP contribution in [0.3, 0.4) is 0 Å². The molecule has 4 nitrogen and oxygen atoms in total. The van der Waals surface area contributed by atoms with Gasteiger partial charge in [0.2, 0.25) is 0 Å². The van der Waals surface area contributed by atoms with Crippen LogP contribution in [0.15, 0.2) is 0 Å². The molecule has 1 N–H and O–H groups in total. The van der Waals surface area contributed by atoms with Crippen LogP contribution in [0.4, 0.5) is 0 Å². The molecule has 0 aromatic heterocycles. The van der Waals surface area contributed by atoms with E-state index in [1.165, 1.54) is 0 Å². The molecule has 0 saturated carbocycles. The number of nitrogens with one attached hydrogen (secondary N) is 1. The average molecular weight is 235 g/mol.